The molecule has 0 saturated carbocycles. The second kappa shape index (κ2) is 1.92. The maximum absolute atomic E-state index is 10.7. The highest BCUT2D eigenvalue weighted by molar-refractivity contribution is 7.12. The average Bonchev–Trinajstić information content (AvgIpc) is 1.98. The van der Waals surface area contributed by atoms with Gasteiger partial charge in [0.1, 0.15) is 0 Å². The Kier molecular flexibility index (Phi) is 1.37. The topological polar surface area (TPSA) is 46.1 Å². The van der Waals surface area contributed by atoms with Crippen molar-refractivity contribution in [2.24, 2.45) is 0 Å². The molecule has 0 spiro atoms. The molecule has 1 rings (SSSR count). The van der Waals surface area contributed by atoms with Gasteiger partial charge >= 0.3 is 0 Å². The molecule has 0 atom stereocenters. The van der Waals surface area contributed by atoms with E-state index in [-0.39, 0.29) is 11.5 Å². The predicted molar refractivity (Wildman–Crippen MR) is 32.7 cm³/mol. The lowest BCUT2D eigenvalue weighted by molar-refractivity contribution is -0.317. The van der Waals surface area contributed by atoms with Crippen molar-refractivity contribution in [1.29, 1.82) is 0 Å². The molecule has 0 unspecified atom stereocenters. The smallest absolute Gasteiger partial charge is 0.00678 e. The zero-order valence-electron chi connectivity index (χ0n) is 5.22. The molecule has 9 heavy (non-hydrogen) atoms. The van der Waals surface area contributed by atoms with E-state index in [1.165, 1.54) is 11.3 Å². The first-order chi connectivity index (χ1) is 4.13. The molecule has 2 nitrogen and oxygen atoms in total. The van der Waals surface area contributed by atoms with Gasteiger partial charge in [-0.05, 0) is 23.6 Å². The van der Waals surface area contributed by atoms with Crippen molar-refractivity contribution in [3.05, 3.63) is 9.75 Å². The third-order valence-corrected chi connectivity index (χ3v) is 2.14. The Morgan fingerprint density at radius 3 is 1.44 bits per heavy atom. The molecular weight excluding hydrogens is 136 g/mol. The van der Waals surface area contributed by atoms with Crippen LogP contribution in [0.15, 0.2) is 0 Å². The third kappa shape index (κ3) is 0.876. The highest BCUT2D eigenvalue weighted by Crippen LogP contribution is 2.34. The van der Waals surface area contributed by atoms with Gasteiger partial charge in [0.2, 0.25) is 0 Å². The second-order valence-electron chi connectivity index (χ2n) is 1.87. The number of hydrogen-bond donors (Lipinski definition) is 0. The van der Waals surface area contributed by atoms with E-state index in [0.29, 0.717) is 9.75 Å². The van der Waals surface area contributed by atoms with Gasteiger partial charge in [0.05, 0.1) is 0 Å². The van der Waals surface area contributed by atoms with Crippen molar-refractivity contribution in [3.63, 3.8) is 0 Å². The van der Waals surface area contributed by atoms with Gasteiger partial charge in [0, 0.05) is 0 Å². The summed E-state index contributed by atoms with van der Waals surface area (Å²) in [5.41, 5.74) is 0. The first kappa shape index (κ1) is 6.42. The molecule has 0 aromatic carbocycles. The van der Waals surface area contributed by atoms with Gasteiger partial charge < -0.3 is 10.2 Å². The van der Waals surface area contributed by atoms with Crippen molar-refractivity contribution >= 4 is 11.3 Å². The SMILES string of the molecule is Cc1sc(C)c([O-])c1[O-]. The fraction of sp³-hybridized carbons (Fsp3) is 0.333. The molecule has 0 aliphatic heterocycles. The van der Waals surface area contributed by atoms with Crippen LogP contribution in [0.3, 0.4) is 0 Å². The van der Waals surface area contributed by atoms with E-state index >= 15 is 0 Å². The Bertz CT molecular complexity index is 205. The van der Waals surface area contributed by atoms with Crippen molar-refractivity contribution in [2.75, 3.05) is 0 Å². The summed E-state index contributed by atoms with van der Waals surface area (Å²) in [6.07, 6.45) is 0. The van der Waals surface area contributed by atoms with E-state index in [2.05, 4.69) is 0 Å². The molecular formula is C6H6O2S-2. The maximum Gasteiger partial charge on any atom is -0.00678 e. The zero-order valence-corrected chi connectivity index (χ0v) is 6.04. The van der Waals surface area contributed by atoms with Crippen molar-refractivity contribution < 1.29 is 10.2 Å². The van der Waals surface area contributed by atoms with Crippen LogP contribution in [0.1, 0.15) is 9.75 Å². The predicted octanol–water partition coefficient (Wildman–Crippen LogP) is 0.512. The molecule has 1 heterocycles. The van der Waals surface area contributed by atoms with Crippen LogP contribution in [0.4, 0.5) is 0 Å². The van der Waals surface area contributed by atoms with Gasteiger partial charge in [-0.2, -0.15) is 0 Å². The van der Waals surface area contributed by atoms with E-state index in [0.717, 1.165) is 0 Å². The number of hydrogen-bond acceptors (Lipinski definition) is 3. The monoisotopic (exact) mass is 142 g/mol. The van der Waals surface area contributed by atoms with E-state index in [9.17, 15) is 10.2 Å². The summed E-state index contributed by atoms with van der Waals surface area (Å²) in [5, 5.41) is 21.4. The highest BCUT2D eigenvalue weighted by Gasteiger charge is 1.93. The van der Waals surface area contributed by atoms with Crippen LogP contribution in [0, 0.1) is 13.8 Å². The first-order valence-electron chi connectivity index (χ1n) is 2.57. The first-order valence-corrected chi connectivity index (χ1v) is 3.38. The molecule has 50 valence electrons. The zero-order chi connectivity index (χ0) is 7.02. The lowest BCUT2D eigenvalue weighted by Crippen LogP contribution is -1.97. The summed E-state index contributed by atoms with van der Waals surface area (Å²) in [5.74, 6) is -0.671. The van der Waals surface area contributed by atoms with Crippen LogP contribution in [-0.4, -0.2) is 0 Å². The fourth-order valence-corrected chi connectivity index (χ4v) is 1.47. The van der Waals surface area contributed by atoms with Crippen LogP contribution in [0.2, 0.25) is 0 Å². The number of aryl methyl sites for hydroxylation is 2. The Balaban J connectivity index is 3.29. The summed E-state index contributed by atoms with van der Waals surface area (Å²) in [7, 11) is 0. The number of rotatable bonds is 0. The third-order valence-electron chi connectivity index (χ3n) is 1.15. The van der Waals surface area contributed by atoms with Gasteiger partial charge in [-0.1, -0.05) is 0 Å². The van der Waals surface area contributed by atoms with Gasteiger partial charge in [-0.25, -0.2) is 0 Å². The lowest BCUT2D eigenvalue weighted by atomic mass is 10.4. The van der Waals surface area contributed by atoms with Crippen molar-refractivity contribution in [1.82, 2.24) is 0 Å². The molecule has 1 aromatic rings. The number of thiophene rings is 1. The Morgan fingerprint density at radius 2 is 1.33 bits per heavy atom. The van der Waals surface area contributed by atoms with Crippen molar-refractivity contribution in [3.8, 4) is 11.5 Å². The largest absolute Gasteiger partial charge is 0.872 e. The maximum atomic E-state index is 10.7. The molecule has 3 heteroatoms. The van der Waals surface area contributed by atoms with Crippen LogP contribution in [-0.2, 0) is 0 Å². The van der Waals surface area contributed by atoms with E-state index in [4.69, 9.17) is 0 Å². The molecule has 1 aromatic heterocycles. The van der Waals surface area contributed by atoms with Crippen molar-refractivity contribution in [2.45, 2.75) is 13.8 Å². The average molecular weight is 142 g/mol. The quantitative estimate of drug-likeness (QED) is 0.530. The van der Waals surface area contributed by atoms with Crippen LogP contribution in [0.5, 0.6) is 11.5 Å². The highest BCUT2D eigenvalue weighted by atomic mass is 32.1. The summed E-state index contributed by atoms with van der Waals surface area (Å²) >= 11 is 1.27. The van der Waals surface area contributed by atoms with Gasteiger partial charge in [0.25, 0.3) is 0 Å². The minimum atomic E-state index is -0.336. The molecule has 0 bridgehead atoms. The molecule has 0 aliphatic carbocycles. The van der Waals surface area contributed by atoms with Gasteiger partial charge in [0.15, 0.2) is 0 Å². The fourth-order valence-electron chi connectivity index (χ4n) is 0.642. The van der Waals surface area contributed by atoms with E-state index in [1.807, 2.05) is 0 Å². The second-order valence-corrected chi connectivity index (χ2v) is 3.30. The van der Waals surface area contributed by atoms with Crippen LogP contribution >= 0.6 is 11.3 Å². The molecule has 0 aliphatic rings. The van der Waals surface area contributed by atoms with Crippen LogP contribution in [0.25, 0.3) is 0 Å². The van der Waals surface area contributed by atoms with E-state index < -0.39 is 0 Å². The van der Waals surface area contributed by atoms with Gasteiger partial charge in [-0.15, -0.1) is 22.8 Å². The lowest BCUT2D eigenvalue weighted by Gasteiger charge is -2.12. The minimum absolute atomic E-state index is 0.336. The molecule has 0 amide bonds. The summed E-state index contributed by atoms with van der Waals surface area (Å²) in [6.45, 7) is 3.34. The molecule has 0 saturated heterocycles. The molecule has 0 radical (unpaired) electrons. The normalized spacial score (nSPS) is 10.0. The summed E-state index contributed by atoms with van der Waals surface area (Å²) in [4.78, 5) is 1.19. The summed E-state index contributed by atoms with van der Waals surface area (Å²) < 4.78 is 0. The Morgan fingerprint density at radius 1 is 1.00 bits per heavy atom. The molecule has 0 N–H and O–H groups in total. The Hall–Kier alpha value is -0.700. The van der Waals surface area contributed by atoms with E-state index in [1.54, 1.807) is 13.8 Å². The van der Waals surface area contributed by atoms with Gasteiger partial charge in [-0.3, -0.25) is 0 Å². The van der Waals surface area contributed by atoms with Crippen LogP contribution < -0.4 is 10.2 Å². The minimum Gasteiger partial charge on any atom is -0.872 e. The standard InChI is InChI=1S/C6H8O2S/c1-3-5(7)6(8)4(2)9-3/h7-8H,1-2H3/p-2. The summed E-state index contributed by atoms with van der Waals surface area (Å²) in [6, 6.07) is 0. The Labute approximate surface area is 57.4 Å². The molecule has 0 fully saturated rings.